The van der Waals surface area contributed by atoms with E-state index >= 15 is 0 Å². The Morgan fingerprint density at radius 3 is 2.50 bits per heavy atom. The molecule has 2 aromatic heterocycles. The highest BCUT2D eigenvalue weighted by molar-refractivity contribution is 9.10. The van der Waals surface area contributed by atoms with Gasteiger partial charge in [0.25, 0.3) is 0 Å². The van der Waals surface area contributed by atoms with E-state index in [4.69, 9.17) is 0 Å². The van der Waals surface area contributed by atoms with Crippen LogP contribution >= 0.6 is 15.9 Å². The first-order valence-electron chi connectivity index (χ1n) is 5.81. The van der Waals surface area contributed by atoms with E-state index < -0.39 is 11.9 Å². The van der Waals surface area contributed by atoms with Crippen LogP contribution in [0.2, 0.25) is 0 Å². The van der Waals surface area contributed by atoms with Crippen molar-refractivity contribution in [2.75, 3.05) is 0 Å². The number of benzene rings is 1. The number of hydrogen-bond acceptors (Lipinski definition) is 2. The summed E-state index contributed by atoms with van der Waals surface area (Å²) in [6, 6.07) is 8.03. The van der Waals surface area contributed by atoms with Crippen LogP contribution in [0.25, 0.3) is 21.8 Å². The molecule has 0 atom stereocenters. The first kappa shape index (κ1) is 13.3. The third-order valence-corrected chi connectivity index (χ3v) is 3.70. The summed E-state index contributed by atoms with van der Waals surface area (Å²) >= 11 is 3.20. The van der Waals surface area contributed by atoms with Gasteiger partial charge < -0.3 is 0 Å². The molecule has 0 unspecified atom stereocenters. The molecule has 0 saturated carbocycles. The van der Waals surface area contributed by atoms with Gasteiger partial charge in [-0.25, -0.2) is 4.98 Å². The SMILES string of the molecule is Cc1nc2ccccc2c2nc(C(F)(F)F)cc(Br)c12. The molecule has 3 aromatic rings. The first-order valence-corrected chi connectivity index (χ1v) is 6.60. The average molecular weight is 341 g/mol. The minimum Gasteiger partial charge on any atom is -0.252 e. The monoisotopic (exact) mass is 340 g/mol. The summed E-state index contributed by atoms with van der Waals surface area (Å²) in [5, 5.41) is 1.22. The molecule has 0 aliphatic heterocycles. The molecule has 0 amide bonds. The Bertz CT molecular complexity index is 828. The van der Waals surface area contributed by atoms with Crippen molar-refractivity contribution in [2.24, 2.45) is 0 Å². The maximum atomic E-state index is 12.9. The number of pyridine rings is 2. The van der Waals surface area contributed by atoms with Gasteiger partial charge in [0.2, 0.25) is 0 Å². The smallest absolute Gasteiger partial charge is 0.252 e. The molecule has 0 saturated heterocycles. The normalized spacial score (nSPS) is 12.2. The Labute approximate surface area is 120 Å². The van der Waals surface area contributed by atoms with Crippen molar-refractivity contribution < 1.29 is 13.2 Å². The van der Waals surface area contributed by atoms with Crippen LogP contribution in [0.1, 0.15) is 11.4 Å². The van der Waals surface area contributed by atoms with Crippen molar-refractivity contribution >= 4 is 37.7 Å². The molecular formula is C14H8BrF3N2. The van der Waals surface area contributed by atoms with Crippen molar-refractivity contribution in [1.82, 2.24) is 9.97 Å². The minimum atomic E-state index is -4.48. The summed E-state index contributed by atoms with van der Waals surface area (Å²) in [7, 11) is 0. The highest BCUT2D eigenvalue weighted by Crippen LogP contribution is 2.36. The molecule has 1 aromatic carbocycles. The average Bonchev–Trinajstić information content (AvgIpc) is 2.37. The summed E-state index contributed by atoms with van der Waals surface area (Å²) in [5.74, 6) is 0. The Hall–Kier alpha value is -1.69. The molecule has 0 radical (unpaired) electrons. The molecular weight excluding hydrogens is 333 g/mol. The van der Waals surface area contributed by atoms with E-state index in [9.17, 15) is 13.2 Å². The second kappa shape index (κ2) is 4.41. The van der Waals surface area contributed by atoms with E-state index in [1.54, 1.807) is 31.2 Å². The van der Waals surface area contributed by atoms with Crippen molar-refractivity contribution in [3.8, 4) is 0 Å². The van der Waals surface area contributed by atoms with Gasteiger partial charge >= 0.3 is 6.18 Å². The van der Waals surface area contributed by atoms with E-state index in [0.29, 0.717) is 32.0 Å². The number of aromatic nitrogens is 2. The van der Waals surface area contributed by atoms with E-state index in [1.807, 2.05) is 0 Å². The minimum absolute atomic E-state index is 0.315. The van der Waals surface area contributed by atoms with Gasteiger partial charge in [0.1, 0.15) is 5.69 Å². The fourth-order valence-electron chi connectivity index (χ4n) is 2.21. The first-order chi connectivity index (χ1) is 9.38. The van der Waals surface area contributed by atoms with Gasteiger partial charge in [-0.15, -0.1) is 0 Å². The third-order valence-electron chi connectivity index (χ3n) is 3.07. The molecule has 0 N–H and O–H groups in total. The molecule has 3 rings (SSSR count). The van der Waals surface area contributed by atoms with Gasteiger partial charge in [-0.05, 0) is 35.0 Å². The number of aryl methyl sites for hydroxylation is 1. The largest absolute Gasteiger partial charge is 0.433 e. The number of hydrogen-bond donors (Lipinski definition) is 0. The molecule has 6 heteroatoms. The Morgan fingerprint density at radius 1 is 1.10 bits per heavy atom. The number of rotatable bonds is 0. The molecule has 102 valence electrons. The summed E-state index contributed by atoms with van der Waals surface area (Å²) < 4.78 is 39.0. The Balaban J connectivity index is 2.53. The number of halogens is 4. The lowest BCUT2D eigenvalue weighted by Gasteiger charge is -2.12. The van der Waals surface area contributed by atoms with Crippen LogP contribution < -0.4 is 0 Å². The lowest BCUT2D eigenvalue weighted by molar-refractivity contribution is -0.141. The van der Waals surface area contributed by atoms with Crippen LogP contribution in [0.5, 0.6) is 0 Å². The van der Waals surface area contributed by atoms with Gasteiger partial charge in [-0.3, -0.25) is 4.98 Å². The lowest BCUT2D eigenvalue weighted by atomic mass is 10.1. The van der Waals surface area contributed by atoms with Gasteiger partial charge in [0.15, 0.2) is 0 Å². The highest BCUT2D eigenvalue weighted by Gasteiger charge is 2.33. The fourth-order valence-corrected chi connectivity index (χ4v) is 2.90. The van der Waals surface area contributed by atoms with Crippen LogP contribution in [-0.4, -0.2) is 9.97 Å². The summed E-state index contributed by atoms with van der Waals surface area (Å²) in [5.41, 5.74) is 0.686. The molecule has 0 bridgehead atoms. The maximum absolute atomic E-state index is 12.9. The fraction of sp³-hybridized carbons (Fsp3) is 0.143. The summed E-state index contributed by atoms with van der Waals surface area (Å²) in [6.07, 6.45) is -4.48. The van der Waals surface area contributed by atoms with Crippen molar-refractivity contribution in [2.45, 2.75) is 13.1 Å². The van der Waals surface area contributed by atoms with Crippen LogP contribution in [0, 0.1) is 6.92 Å². The van der Waals surface area contributed by atoms with Crippen molar-refractivity contribution in [3.05, 3.63) is 46.2 Å². The Morgan fingerprint density at radius 2 is 1.80 bits per heavy atom. The predicted octanol–water partition coefficient (Wildman–Crippen LogP) is 4.87. The van der Waals surface area contributed by atoms with Gasteiger partial charge in [-0.2, -0.15) is 13.2 Å². The molecule has 2 nitrogen and oxygen atoms in total. The van der Waals surface area contributed by atoms with Crippen molar-refractivity contribution in [3.63, 3.8) is 0 Å². The zero-order chi connectivity index (χ0) is 14.5. The summed E-state index contributed by atoms with van der Waals surface area (Å²) in [6.45, 7) is 1.76. The standard InChI is InChI=1S/C14H8BrF3N2/c1-7-12-9(15)6-11(14(16,17)18)20-13(12)8-4-2-3-5-10(8)19-7/h2-6H,1H3. The van der Waals surface area contributed by atoms with Crippen LogP contribution in [0.3, 0.4) is 0 Å². The number of fused-ring (bicyclic) bond motifs is 3. The topological polar surface area (TPSA) is 25.8 Å². The van der Waals surface area contributed by atoms with Gasteiger partial charge in [-0.1, -0.05) is 18.2 Å². The van der Waals surface area contributed by atoms with E-state index in [2.05, 4.69) is 25.9 Å². The molecule has 2 heterocycles. The quantitative estimate of drug-likeness (QED) is 0.545. The number of nitrogens with zero attached hydrogens (tertiary/aromatic N) is 2. The summed E-state index contributed by atoms with van der Waals surface area (Å²) in [4.78, 5) is 8.21. The highest BCUT2D eigenvalue weighted by atomic mass is 79.9. The van der Waals surface area contributed by atoms with Crippen LogP contribution in [-0.2, 0) is 6.18 Å². The molecule has 0 fully saturated rings. The second-order valence-corrected chi connectivity index (χ2v) is 5.28. The lowest BCUT2D eigenvalue weighted by Crippen LogP contribution is -2.08. The Kier molecular flexibility index (Phi) is 2.93. The zero-order valence-electron chi connectivity index (χ0n) is 10.3. The van der Waals surface area contributed by atoms with Gasteiger partial charge in [0.05, 0.1) is 11.0 Å². The van der Waals surface area contributed by atoms with Gasteiger partial charge in [0, 0.05) is 20.9 Å². The third kappa shape index (κ3) is 2.04. The zero-order valence-corrected chi connectivity index (χ0v) is 11.9. The van der Waals surface area contributed by atoms with E-state index in [1.165, 1.54) is 0 Å². The molecule has 20 heavy (non-hydrogen) atoms. The molecule has 0 spiro atoms. The molecule has 0 aliphatic rings. The number of para-hydroxylation sites is 1. The van der Waals surface area contributed by atoms with E-state index in [-0.39, 0.29) is 0 Å². The van der Waals surface area contributed by atoms with E-state index in [0.717, 1.165) is 6.07 Å². The van der Waals surface area contributed by atoms with Crippen LogP contribution in [0.15, 0.2) is 34.8 Å². The predicted molar refractivity (Wildman–Crippen MR) is 74.5 cm³/mol. The van der Waals surface area contributed by atoms with Crippen LogP contribution in [0.4, 0.5) is 13.2 Å². The number of alkyl halides is 3. The molecule has 0 aliphatic carbocycles. The maximum Gasteiger partial charge on any atom is 0.433 e. The van der Waals surface area contributed by atoms with Crippen molar-refractivity contribution in [1.29, 1.82) is 0 Å². The second-order valence-electron chi connectivity index (χ2n) is 4.43.